The van der Waals surface area contributed by atoms with Crippen LogP contribution in [0.2, 0.25) is 0 Å². The van der Waals surface area contributed by atoms with E-state index in [1.54, 1.807) is 18.9 Å². The summed E-state index contributed by atoms with van der Waals surface area (Å²) >= 11 is 1.76. The molecule has 1 atom stereocenters. The van der Waals surface area contributed by atoms with Crippen LogP contribution in [-0.2, 0) is 6.42 Å². The van der Waals surface area contributed by atoms with E-state index in [2.05, 4.69) is 18.2 Å². The molecule has 0 saturated carbocycles. The predicted molar refractivity (Wildman–Crippen MR) is 73.4 cm³/mol. The first-order valence-electron chi connectivity index (χ1n) is 5.90. The minimum atomic E-state index is 0.162. The predicted octanol–water partition coefficient (Wildman–Crippen LogP) is 3.75. The fourth-order valence-electron chi connectivity index (χ4n) is 2.04. The third-order valence-electron chi connectivity index (χ3n) is 2.92. The number of rotatable bonds is 3. The van der Waals surface area contributed by atoms with Gasteiger partial charge in [-0.2, -0.15) is 0 Å². The molecule has 92 valence electrons. The van der Waals surface area contributed by atoms with Gasteiger partial charge in [0.1, 0.15) is 11.5 Å². The molecule has 0 radical (unpaired) electrons. The van der Waals surface area contributed by atoms with Crippen molar-refractivity contribution in [1.29, 1.82) is 0 Å². The van der Waals surface area contributed by atoms with Crippen LogP contribution in [0.5, 0.6) is 11.5 Å². The highest BCUT2D eigenvalue weighted by Crippen LogP contribution is 2.38. The summed E-state index contributed by atoms with van der Waals surface area (Å²) in [5.41, 5.74) is 1.39. The normalized spacial score (nSPS) is 17.1. The summed E-state index contributed by atoms with van der Waals surface area (Å²) in [5, 5.41) is 0. The second-order valence-corrected chi connectivity index (χ2v) is 5.39. The quantitative estimate of drug-likeness (QED) is 0.835. The highest BCUT2D eigenvalue weighted by Gasteiger charge is 2.24. The van der Waals surface area contributed by atoms with Crippen molar-refractivity contribution in [1.82, 2.24) is 0 Å². The molecular formula is C15H14O2S. The SMILES string of the molecule is COc1ccc2c(c1)CC(Sc1ccccc1)O2. The summed E-state index contributed by atoms with van der Waals surface area (Å²) < 4.78 is 11.1. The van der Waals surface area contributed by atoms with Crippen LogP contribution < -0.4 is 9.47 Å². The standard InChI is InChI=1S/C15H14O2S/c1-16-12-7-8-14-11(9-12)10-15(17-14)18-13-5-3-2-4-6-13/h2-9,15H,10H2,1H3. The Morgan fingerprint density at radius 3 is 2.78 bits per heavy atom. The monoisotopic (exact) mass is 258 g/mol. The van der Waals surface area contributed by atoms with Crippen LogP contribution >= 0.6 is 11.8 Å². The minimum Gasteiger partial charge on any atom is -0.497 e. The molecule has 1 heterocycles. The lowest BCUT2D eigenvalue weighted by molar-refractivity contribution is 0.323. The van der Waals surface area contributed by atoms with Crippen molar-refractivity contribution < 1.29 is 9.47 Å². The molecule has 0 saturated heterocycles. The highest BCUT2D eigenvalue weighted by molar-refractivity contribution is 7.99. The molecule has 18 heavy (non-hydrogen) atoms. The van der Waals surface area contributed by atoms with E-state index in [1.807, 2.05) is 30.3 Å². The molecule has 2 nitrogen and oxygen atoms in total. The van der Waals surface area contributed by atoms with E-state index in [-0.39, 0.29) is 5.44 Å². The summed E-state index contributed by atoms with van der Waals surface area (Å²) in [6.07, 6.45) is 0.923. The highest BCUT2D eigenvalue weighted by atomic mass is 32.2. The number of hydrogen-bond acceptors (Lipinski definition) is 3. The molecule has 2 aromatic carbocycles. The first-order chi connectivity index (χ1) is 8.85. The van der Waals surface area contributed by atoms with Crippen molar-refractivity contribution in [2.75, 3.05) is 7.11 Å². The lowest BCUT2D eigenvalue weighted by Gasteiger charge is -2.09. The number of fused-ring (bicyclic) bond motifs is 1. The molecule has 3 rings (SSSR count). The average Bonchev–Trinajstić information content (AvgIpc) is 2.80. The number of benzene rings is 2. The number of thioether (sulfide) groups is 1. The van der Waals surface area contributed by atoms with Gasteiger partial charge in [0.15, 0.2) is 5.44 Å². The van der Waals surface area contributed by atoms with Crippen molar-refractivity contribution in [3.05, 3.63) is 54.1 Å². The zero-order valence-electron chi connectivity index (χ0n) is 10.1. The molecule has 1 unspecified atom stereocenters. The number of hydrogen-bond donors (Lipinski definition) is 0. The summed E-state index contributed by atoms with van der Waals surface area (Å²) in [4.78, 5) is 1.24. The van der Waals surface area contributed by atoms with E-state index in [0.717, 1.165) is 17.9 Å². The largest absolute Gasteiger partial charge is 0.497 e. The van der Waals surface area contributed by atoms with E-state index in [4.69, 9.17) is 9.47 Å². The molecule has 0 aromatic heterocycles. The molecule has 0 fully saturated rings. The number of ether oxygens (including phenoxy) is 2. The van der Waals surface area contributed by atoms with Crippen molar-refractivity contribution in [3.8, 4) is 11.5 Å². The van der Waals surface area contributed by atoms with Gasteiger partial charge in [0.25, 0.3) is 0 Å². The van der Waals surface area contributed by atoms with Gasteiger partial charge in [0.05, 0.1) is 7.11 Å². The van der Waals surface area contributed by atoms with Gasteiger partial charge in [-0.15, -0.1) is 0 Å². The smallest absolute Gasteiger partial charge is 0.153 e. The van der Waals surface area contributed by atoms with Crippen LogP contribution in [0.3, 0.4) is 0 Å². The van der Waals surface area contributed by atoms with Gasteiger partial charge < -0.3 is 9.47 Å². The van der Waals surface area contributed by atoms with Gasteiger partial charge in [0, 0.05) is 16.9 Å². The zero-order chi connectivity index (χ0) is 12.4. The first-order valence-corrected chi connectivity index (χ1v) is 6.78. The van der Waals surface area contributed by atoms with Gasteiger partial charge in [0.2, 0.25) is 0 Å². The molecule has 0 N–H and O–H groups in total. The lowest BCUT2D eigenvalue weighted by atomic mass is 10.1. The second-order valence-electron chi connectivity index (χ2n) is 4.16. The molecule has 1 aliphatic heterocycles. The topological polar surface area (TPSA) is 18.5 Å². The van der Waals surface area contributed by atoms with Gasteiger partial charge in [-0.1, -0.05) is 30.0 Å². The van der Waals surface area contributed by atoms with E-state index in [9.17, 15) is 0 Å². The van der Waals surface area contributed by atoms with Crippen molar-refractivity contribution in [2.24, 2.45) is 0 Å². The Balaban J connectivity index is 1.73. The summed E-state index contributed by atoms with van der Waals surface area (Å²) in [6, 6.07) is 16.3. The fraction of sp³-hybridized carbons (Fsp3) is 0.200. The van der Waals surface area contributed by atoms with Gasteiger partial charge in [-0.25, -0.2) is 0 Å². The molecule has 3 heteroatoms. The molecule has 2 aromatic rings. The summed E-state index contributed by atoms with van der Waals surface area (Å²) in [6.45, 7) is 0. The van der Waals surface area contributed by atoms with Crippen molar-refractivity contribution >= 4 is 11.8 Å². The Morgan fingerprint density at radius 2 is 2.00 bits per heavy atom. The zero-order valence-corrected chi connectivity index (χ0v) is 10.9. The average molecular weight is 258 g/mol. The molecular weight excluding hydrogens is 244 g/mol. The van der Waals surface area contributed by atoms with Crippen LogP contribution in [0.1, 0.15) is 5.56 Å². The van der Waals surface area contributed by atoms with E-state index >= 15 is 0 Å². The van der Waals surface area contributed by atoms with Crippen molar-refractivity contribution in [3.63, 3.8) is 0 Å². The Kier molecular flexibility index (Phi) is 3.15. The molecule has 0 amide bonds. The van der Waals surface area contributed by atoms with Crippen LogP contribution in [0.15, 0.2) is 53.4 Å². The summed E-state index contributed by atoms with van der Waals surface area (Å²) in [7, 11) is 1.69. The second kappa shape index (κ2) is 4.94. The summed E-state index contributed by atoms with van der Waals surface area (Å²) in [5.74, 6) is 1.87. The Morgan fingerprint density at radius 1 is 1.17 bits per heavy atom. The molecule has 0 bridgehead atoms. The maximum Gasteiger partial charge on any atom is 0.153 e. The first kappa shape index (κ1) is 11.5. The van der Waals surface area contributed by atoms with E-state index < -0.39 is 0 Å². The fourth-order valence-corrected chi connectivity index (χ4v) is 3.07. The van der Waals surface area contributed by atoms with Gasteiger partial charge in [-0.05, 0) is 30.3 Å². The third-order valence-corrected chi connectivity index (χ3v) is 3.99. The number of methoxy groups -OCH3 is 1. The third kappa shape index (κ3) is 2.31. The van der Waals surface area contributed by atoms with Gasteiger partial charge >= 0.3 is 0 Å². The molecule has 1 aliphatic rings. The maximum atomic E-state index is 5.92. The maximum absolute atomic E-state index is 5.92. The van der Waals surface area contributed by atoms with Crippen molar-refractivity contribution in [2.45, 2.75) is 16.8 Å². The molecule has 0 aliphatic carbocycles. The van der Waals surface area contributed by atoms with Crippen LogP contribution in [0.25, 0.3) is 0 Å². The Bertz CT molecular complexity index is 539. The van der Waals surface area contributed by atoms with Gasteiger partial charge in [-0.3, -0.25) is 0 Å². The van der Waals surface area contributed by atoms with E-state index in [1.165, 1.54) is 10.5 Å². The van der Waals surface area contributed by atoms with E-state index in [0.29, 0.717) is 0 Å². The van der Waals surface area contributed by atoms with Crippen LogP contribution in [-0.4, -0.2) is 12.5 Å². The Hall–Kier alpha value is -1.61. The molecule has 0 spiro atoms. The van der Waals surface area contributed by atoms with Crippen LogP contribution in [0, 0.1) is 0 Å². The Labute approximate surface area is 111 Å². The minimum absolute atomic E-state index is 0.162. The lowest BCUT2D eigenvalue weighted by Crippen LogP contribution is -2.06. The van der Waals surface area contributed by atoms with Crippen LogP contribution in [0.4, 0.5) is 0 Å².